The minimum absolute atomic E-state index is 0.0651. The molecular formula is C10H13FN2O4S. The predicted molar refractivity (Wildman–Crippen MR) is 62.2 cm³/mol. The van der Waals surface area contributed by atoms with Crippen LogP contribution in [0, 0.1) is 5.82 Å². The van der Waals surface area contributed by atoms with Crippen LogP contribution in [0.5, 0.6) is 0 Å². The van der Waals surface area contributed by atoms with Crippen molar-refractivity contribution in [1.29, 1.82) is 0 Å². The highest BCUT2D eigenvalue weighted by Crippen LogP contribution is 2.16. The summed E-state index contributed by atoms with van der Waals surface area (Å²) in [4.78, 5) is 10.0. The molecule has 0 aromatic heterocycles. The molecule has 0 unspecified atom stereocenters. The van der Waals surface area contributed by atoms with Gasteiger partial charge >= 0.3 is 5.97 Å². The van der Waals surface area contributed by atoms with Gasteiger partial charge in [-0.3, -0.25) is 0 Å². The van der Waals surface area contributed by atoms with E-state index in [0.717, 1.165) is 18.2 Å². The minimum Gasteiger partial charge on any atom is -0.478 e. The SMILES string of the molecule is NCCCNS(=O)(=O)c1cc(C(=O)O)ccc1F. The van der Waals surface area contributed by atoms with E-state index < -0.39 is 26.7 Å². The Kier molecular flexibility index (Phi) is 4.76. The van der Waals surface area contributed by atoms with Crippen molar-refractivity contribution in [2.45, 2.75) is 11.3 Å². The van der Waals surface area contributed by atoms with Crippen molar-refractivity contribution in [3.8, 4) is 0 Å². The van der Waals surface area contributed by atoms with Gasteiger partial charge in [0.2, 0.25) is 10.0 Å². The lowest BCUT2D eigenvalue weighted by molar-refractivity contribution is 0.0696. The van der Waals surface area contributed by atoms with Crippen molar-refractivity contribution >= 4 is 16.0 Å². The van der Waals surface area contributed by atoms with E-state index in [9.17, 15) is 17.6 Å². The van der Waals surface area contributed by atoms with E-state index in [1.54, 1.807) is 0 Å². The molecule has 0 amide bonds. The molecule has 0 fully saturated rings. The molecule has 18 heavy (non-hydrogen) atoms. The number of carboxylic acid groups (broad SMARTS) is 1. The molecule has 0 spiro atoms. The van der Waals surface area contributed by atoms with E-state index in [4.69, 9.17) is 10.8 Å². The number of aromatic carboxylic acids is 1. The second kappa shape index (κ2) is 5.89. The van der Waals surface area contributed by atoms with Gasteiger partial charge in [0.1, 0.15) is 10.7 Å². The van der Waals surface area contributed by atoms with E-state index in [1.165, 1.54) is 0 Å². The average Bonchev–Trinajstić information content (AvgIpc) is 2.29. The minimum atomic E-state index is -4.06. The molecule has 6 nitrogen and oxygen atoms in total. The van der Waals surface area contributed by atoms with Crippen molar-refractivity contribution in [1.82, 2.24) is 4.72 Å². The number of nitrogens with one attached hydrogen (secondary N) is 1. The predicted octanol–water partition coefficient (Wildman–Crippen LogP) is 0.151. The van der Waals surface area contributed by atoms with E-state index in [1.807, 2.05) is 0 Å². The highest BCUT2D eigenvalue weighted by molar-refractivity contribution is 7.89. The maximum atomic E-state index is 13.4. The van der Waals surface area contributed by atoms with Crippen molar-refractivity contribution in [2.75, 3.05) is 13.1 Å². The molecule has 8 heteroatoms. The molecule has 0 aliphatic rings. The molecule has 0 radical (unpaired) electrons. The molecule has 0 aliphatic carbocycles. The smallest absolute Gasteiger partial charge is 0.335 e. The fraction of sp³-hybridized carbons (Fsp3) is 0.300. The first-order chi connectivity index (χ1) is 8.38. The molecule has 1 aromatic carbocycles. The number of carboxylic acids is 1. The summed E-state index contributed by atoms with van der Waals surface area (Å²) in [6, 6.07) is 2.58. The molecule has 0 atom stereocenters. The quantitative estimate of drug-likeness (QED) is 0.641. The van der Waals surface area contributed by atoms with Crippen molar-refractivity contribution in [2.24, 2.45) is 5.73 Å². The Balaban J connectivity index is 3.07. The molecule has 1 aromatic rings. The number of hydrogen-bond donors (Lipinski definition) is 3. The first-order valence-electron chi connectivity index (χ1n) is 5.11. The van der Waals surface area contributed by atoms with E-state index in [2.05, 4.69) is 4.72 Å². The number of rotatable bonds is 6. The van der Waals surface area contributed by atoms with Crippen LogP contribution in [0.1, 0.15) is 16.8 Å². The van der Waals surface area contributed by atoms with Crippen LogP contribution >= 0.6 is 0 Å². The second-order valence-corrected chi connectivity index (χ2v) is 5.23. The largest absolute Gasteiger partial charge is 0.478 e. The van der Waals surface area contributed by atoms with E-state index in [0.29, 0.717) is 13.0 Å². The van der Waals surface area contributed by atoms with Crippen LogP contribution in [0.2, 0.25) is 0 Å². The highest BCUT2D eigenvalue weighted by atomic mass is 32.2. The van der Waals surface area contributed by atoms with Gasteiger partial charge in [-0.05, 0) is 31.2 Å². The number of halogens is 1. The van der Waals surface area contributed by atoms with Crippen LogP contribution in [-0.4, -0.2) is 32.6 Å². The molecule has 1 rings (SSSR count). The lowest BCUT2D eigenvalue weighted by Crippen LogP contribution is -2.27. The monoisotopic (exact) mass is 276 g/mol. The lowest BCUT2D eigenvalue weighted by Gasteiger charge is -2.07. The zero-order valence-corrected chi connectivity index (χ0v) is 10.2. The van der Waals surface area contributed by atoms with Crippen molar-refractivity contribution < 1.29 is 22.7 Å². The number of nitrogens with two attached hydrogens (primary N) is 1. The summed E-state index contributed by atoms with van der Waals surface area (Å²) in [6.45, 7) is 0.357. The zero-order chi connectivity index (χ0) is 13.8. The first kappa shape index (κ1) is 14.6. The summed E-state index contributed by atoms with van der Waals surface area (Å²) in [7, 11) is -4.06. The van der Waals surface area contributed by atoms with Gasteiger partial charge in [-0.15, -0.1) is 0 Å². The van der Waals surface area contributed by atoms with Crippen LogP contribution in [0.25, 0.3) is 0 Å². The maximum absolute atomic E-state index is 13.4. The standard InChI is InChI=1S/C10H13FN2O4S/c11-8-3-2-7(10(14)15)6-9(8)18(16,17)13-5-1-4-12/h2-3,6,13H,1,4-5,12H2,(H,14,15). The van der Waals surface area contributed by atoms with Gasteiger partial charge in [-0.1, -0.05) is 0 Å². The summed E-state index contributed by atoms with van der Waals surface area (Å²) in [5, 5.41) is 8.73. The fourth-order valence-electron chi connectivity index (χ4n) is 1.23. The number of hydrogen-bond acceptors (Lipinski definition) is 4. The molecule has 4 N–H and O–H groups in total. The van der Waals surface area contributed by atoms with Crippen LogP contribution in [-0.2, 0) is 10.0 Å². The molecule has 0 saturated heterocycles. The van der Waals surface area contributed by atoms with Gasteiger partial charge in [0.25, 0.3) is 0 Å². The third-order valence-corrected chi connectivity index (χ3v) is 3.62. The number of benzene rings is 1. The molecule has 0 bridgehead atoms. The lowest BCUT2D eigenvalue weighted by atomic mass is 10.2. The highest BCUT2D eigenvalue weighted by Gasteiger charge is 2.20. The molecule has 0 aliphatic heterocycles. The molecule has 0 heterocycles. The topological polar surface area (TPSA) is 109 Å². The summed E-state index contributed by atoms with van der Waals surface area (Å²) in [6.07, 6.45) is 0.402. The Morgan fingerprint density at radius 3 is 2.67 bits per heavy atom. The Labute approximate surface area is 104 Å². The second-order valence-electron chi connectivity index (χ2n) is 3.49. The third kappa shape index (κ3) is 3.49. The molecule has 0 saturated carbocycles. The third-order valence-electron chi connectivity index (χ3n) is 2.14. The summed E-state index contributed by atoms with van der Waals surface area (Å²) in [5.41, 5.74) is 4.91. The fourth-order valence-corrected chi connectivity index (χ4v) is 2.40. The van der Waals surface area contributed by atoms with Gasteiger partial charge in [0.05, 0.1) is 5.56 Å². The Morgan fingerprint density at radius 2 is 2.11 bits per heavy atom. The van der Waals surface area contributed by atoms with Gasteiger partial charge in [-0.2, -0.15) is 0 Å². The van der Waals surface area contributed by atoms with Gasteiger partial charge in [0, 0.05) is 6.54 Å². The number of carbonyl (C=O) groups is 1. The van der Waals surface area contributed by atoms with Crippen LogP contribution in [0.3, 0.4) is 0 Å². The van der Waals surface area contributed by atoms with Crippen LogP contribution < -0.4 is 10.5 Å². The Bertz CT molecular complexity index is 545. The average molecular weight is 276 g/mol. The van der Waals surface area contributed by atoms with Crippen molar-refractivity contribution in [3.63, 3.8) is 0 Å². The molecular weight excluding hydrogens is 263 g/mol. The van der Waals surface area contributed by atoms with Crippen LogP contribution in [0.15, 0.2) is 23.1 Å². The van der Waals surface area contributed by atoms with Crippen LogP contribution in [0.4, 0.5) is 4.39 Å². The molecule has 100 valence electrons. The maximum Gasteiger partial charge on any atom is 0.335 e. The first-order valence-corrected chi connectivity index (χ1v) is 6.59. The van der Waals surface area contributed by atoms with Gasteiger partial charge in [-0.25, -0.2) is 22.3 Å². The van der Waals surface area contributed by atoms with Gasteiger partial charge in [0.15, 0.2) is 0 Å². The normalized spacial score (nSPS) is 11.4. The number of sulfonamides is 1. The van der Waals surface area contributed by atoms with E-state index in [-0.39, 0.29) is 12.1 Å². The van der Waals surface area contributed by atoms with Crippen molar-refractivity contribution in [3.05, 3.63) is 29.6 Å². The Morgan fingerprint density at radius 1 is 1.44 bits per heavy atom. The summed E-state index contributed by atoms with van der Waals surface area (Å²) < 4.78 is 39.0. The van der Waals surface area contributed by atoms with E-state index >= 15 is 0 Å². The summed E-state index contributed by atoms with van der Waals surface area (Å²) >= 11 is 0. The zero-order valence-electron chi connectivity index (χ0n) is 9.39. The Hall–Kier alpha value is -1.51. The summed E-state index contributed by atoms with van der Waals surface area (Å²) in [5.74, 6) is -2.33. The van der Waals surface area contributed by atoms with Gasteiger partial charge < -0.3 is 10.8 Å².